The molecule has 2 nitrogen and oxygen atoms in total. The SMILES string of the molecule is CC(C)/C=C/[C@@H](C)[C@H]1CC[C@H]2[C@@H]3CCC4=CC(=O)C=C[C@]4(C)[C@H]3C[C@@H](O)[C@]12C. The average molecular weight is 383 g/mol. The molecule has 3 saturated carbocycles. The van der Waals surface area contributed by atoms with Gasteiger partial charge >= 0.3 is 0 Å². The second-order valence-electron chi connectivity index (χ2n) is 10.9. The van der Waals surface area contributed by atoms with Gasteiger partial charge < -0.3 is 5.11 Å². The van der Waals surface area contributed by atoms with E-state index >= 15 is 0 Å². The third-order valence-electron chi connectivity index (χ3n) is 9.17. The van der Waals surface area contributed by atoms with Gasteiger partial charge in [0.2, 0.25) is 0 Å². The van der Waals surface area contributed by atoms with E-state index < -0.39 is 0 Å². The van der Waals surface area contributed by atoms with Crippen molar-refractivity contribution in [2.24, 2.45) is 46.3 Å². The summed E-state index contributed by atoms with van der Waals surface area (Å²) in [6.07, 6.45) is 15.9. The Hall–Kier alpha value is -1.15. The van der Waals surface area contributed by atoms with E-state index in [4.69, 9.17) is 0 Å². The first-order valence-electron chi connectivity index (χ1n) is 11.5. The number of aliphatic hydroxyl groups is 1. The Kier molecular flexibility index (Phi) is 5.01. The minimum absolute atomic E-state index is 0.0215. The Morgan fingerprint density at radius 2 is 1.86 bits per heavy atom. The van der Waals surface area contributed by atoms with Crippen LogP contribution in [-0.2, 0) is 4.79 Å². The van der Waals surface area contributed by atoms with E-state index in [1.807, 2.05) is 6.08 Å². The third kappa shape index (κ3) is 2.90. The van der Waals surface area contributed by atoms with E-state index in [2.05, 4.69) is 52.8 Å². The Labute approximate surface area is 171 Å². The molecule has 4 aliphatic rings. The molecule has 0 aromatic carbocycles. The second-order valence-corrected chi connectivity index (χ2v) is 10.9. The van der Waals surface area contributed by atoms with Gasteiger partial charge in [-0.05, 0) is 85.2 Å². The van der Waals surface area contributed by atoms with Crippen LogP contribution in [0.1, 0.15) is 66.7 Å². The summed E-state index contributed by atoms with van der Waals surface area (Å²) in [6.45, 7) is 11.5. The van der Waals surface area contributed by atoms with Crippen molar-refractivity contribution >= 4 is 5.78 Å². The molecule has 0 saturated heterocycles. The van der Waals surface area contributed by atoms with Gasteiger partial charge in [-0.3, -0.25) is 4.79 Å². The summed E-state index contributed by atoms with van der Waals surface area (Å²) >= 11 is 0. The maximum absolute atomic E-state index is 11.9. The maximum atomic E-state index is 11.9. The lowest BCUT2D eigenvalue weighted by Crippen LogP contribution is -2.56. The zero-order chi connectivity index (χ0) is 20.3. The van der Waals surface area contributed by atoms with Crippen molar-refractivity contribution in [2.45, 2.75) is 72.8 Å². The fourth-order valence-electron chi connectivity index (χ4n) is 7.59. The van der Waals surface area contributed by atoms with Crippen LogP contribution < -0.4 is 0 Å². The van der Waals surface area contributed by atoms with Gasteiger partial charge in [0.1, 0.15) is 0 Å². The first-order chi connectivity index (χ1) is 13.2. The molecule has 0 heterocycles. The zero-order valence-corrected chi connectivity index (χ0v) is 18.3. The molecule has 0 unspecified atom stereocenters. The number of fused-ring (bicyclic) bond motifs is 5. The van der Waals surface area contributed by atoms with Gasteiger partial charge in [0.25, 0.3) is 0 Å². The van der Waals surface area contributed by atoms with Crippen molar-refractivity contribution in [3.05, 3.63) is 36.0 Å². The predicted molar refractivity (Wildman–Crippen MR) is 115 cm³/mol. The number of carbonyl (C=O) groups excluding carboxylic acids is 1. The lowest BCUT2D eigenvalue weighted by atomic mass is 9.46. The topological polar surface area (TPSA) is 37.3 Å². The van der Waals surface area contributed by atoms with Gasteiger partial charge in [-0.1, -0.05) is 58.4 Å². The number of hydrogen-bond acceptors (Lipinski definition) is 2. The molecule has 0 radical (unpaired) electrons. The van der Waals surface area contributed by atoms with Crippen LogP contribution in [-0.4, -0.2) is 17.0 Å². The highest BCUT2D eigenvalue weighted by molar-refractivity contribution is 6.01. The van der Waals surface area contributed by atoms with Crippen molar-refractivity contribution in [1.82, 2.24) is 0 Å². The highest BCUT2D eigenvalue weighted by atomic mass is 16.3. The van der Waals surface area contributed by atoms with Crippen LogP contribution in [0.25, 0.3) is 0 Å². The molecule has 1 N–H and O–H groups in total. The van der Waals surface area contributed by atoms with Gasteiger partial charge in [0.15, 0.2) is 5.78 Å². The molecule has 0 amide bonds. The van der Waals surface area contributed by atoms with E-state index in [9.17, 15) is 9.90 Å². The van der Waals surface area contributed by atoms with Crippen molar-refractivity contribution in [3.63, 3.8) is 0 Å². The first kappa shape index (κ1) is 20.1. The van der Waals surface area contributed by atoms with E-state index in [1.54, 1.807) is 6.08 Å². The maximum Gasteiger partial charge on any atom is 0.178 e. The fourth-order valence-corrected chi connectivity index (χ4v) is 7.59. The highest BCUT2D eigenvalue weighted by Gasteiger charge is 2.62. The lowest BCUT2D eigenvalue weighted by Gasteiger charge is -2.59. The molecule has 4 aliphatic carbocycles. The Morgan fingerprint density at radius 1 is 1.11 bits per heavy atom. The molecular formula is C26H38O2. The van der Waals surface area contributed by atoms with Crippen molar-refractivity contribution in [2.75, 3.05) is 0 Å². The summed E-state index contributed by atoms with van der Waals surface area (Å²) in [5.74, 6) is 3.54. The van der Waals surface area contributed by atoms with E-state index in [1.165, 1.54) is 24.8 Å². The second kappa shape index (κ2) is 6.97. The molecule has 0 aromatic rings. The van der Waals surface area contributed by atoms with E-state index in [0.717, 1.165) is 12.8 Å². The minimum atomic E-state index is -0.247. The summed E-state index contributed by atoms with van der Waals surface area (Å²) in [5.41, 5.74) is 1.29. The van der Waals surface area contributed by atoms with Crippen LogP contribution in [0.15, 0.2) is 36.0 Å². The Morgan fingerprint density at radius 3 is 2.57 bits per heavy atom. The minimum Gasteiger partial charge on any atom is -0.393 e. The predicted octanol–water partition coefficient (Wildman–Crippen LogP) is 5.73. The molecule has 8 atom stereocenters. The summed E-state index contributed by atoms with van der Waals surface area (Å²) in [5, 5.41) is 11.5. The average Bonchev–Trinajstić information content (AvgIpc) is 3.00. The molecule has 0 bridgehead atoms. The standard InChI is InChI=1S/C26H38O2/c1-16(2)6-7-17(3)21-10-11-22-20-9-8-18-14-19(27)12-13-25(18,4)23(20)15-24(28)26(21,22)5/h6-7,12-14,16-17,20-24,28H,8-11,15H2,1-5H3/b7-6+/t17-,20+,21-,22+,23+,24-,25+,26-/m1/s1. The van der Waals surface area contributed by atoms with Crippen molar-refractivity contribution in [3.8, 4) is 0 Å². The normalized spacial score (nSPS) is 46.3. The molecule has 0 aromatic heterocycles. The summed E-state index contributed by atoms with van der Waals surface area (Å²) in [4.78, 5) is 11.9. The van der Waals surface area contributed by atoms with Crippen LogP contribution in [0.3, 0.4) is 0 Å². The van der Waals surface area contributed by atoms with Crippen LogP contribution in [0, 0.1) is 46.3 Å². The zero-order valence-electron chi connectivity index (χ0n) is 18.3. The van der Waals surface area contributed by atoms with Gasteiger partial charge in [0, 0.05) is 5.41 Å². The Balaban J connectivity index is 1.64. The van der Waals surface area contributed by atoms with Crippen molar-refractivity contribution in [1.29, 1.82) is 0 Å². The molecule has 0 aliphatic heterocycles. The largest absolute Gasteiger partial charge is 0.393 e. The quantitative estimate of drug-likeness (QED) is 0.633. The summed E-state index contributed by atoms with van der Waals surface area (Å²) in [7, 11) is 0. The number of ketones is 1. The molecule has 2 heteroatoms. The van der Waals surface area contributed by atoms with Crippen molar-refractivity contribution < 1.29 is 9.90 Å². The van der Waals surface area contributed by atoms with Crippen LogP contribution in [0.5, 0.6) is 0 Å². The molecule has 3 fully saturated rings. The van der Waals surface area contributed by atoms with Crippen LogP contribution in [0.2, 0.25) is 0 Å². The molecular weight excluding hydrogens is 344 g/mol. The van der Waals surface area contributed by atoms with E-state index in [-0.39, 0.29) is 22.7 Å². The molecule has 4 rings (SSSR count). The van der Waals surface area contributed by atoms with Crippen LogP contribution >= 0.6 is 0 Å². The van der Waals surface area contributed by atoms with E-state index in [0.29, 0.717) is 35.5 Å². The van der Waals surface area contributed by atoms with Gasteiger partial charge in [0.05, 0.1) is 6.10 Å². The molecule has 154 valence electrons. The number of hydrogen-bond donors (Lipinski definition) is 1. The van der Waals surface area contributed by atoms with Gasteiger partial charge in [-0.2, -0.15) is 0 Å². The lowest BCUT2D eigenvalue weighted by molar-refractivity contribution is -0.129. The smallest absolute Gasteiger partial charge is 0.178 e. The summed E-state index contributed by atoms with van der Waals surface area (Å²) < 4.78 is 0. The monoisotopic (exact) mass is 382 g/mol. The first-order valence-corrected chi connectivity index (χ1v) is 11.5. The number of carbonyl (C=O) groups is 1. The Bertz CT molecular complexity index is 729. The molecule has 0 spiro atoms. The van der Waals surface area contributed by atoms with Gasteiger partial charge in [-0.15, -0.1) is 0 Å². The number of aliphatic hydroxyl groups excluding tert-OH is 1. The fraction of sp³-hybridized carbons (Fsp3) is 0.731. The van der Waals surface area contributed by atoms with Crippen LogP contribution in [0.4, 0.5) is 0 Å². The third-order valence-corrected chi connectivity index (χ3v) is 9.17. The van der Waals surface area contributed by atoms with Gasteiger partial charge in [-0.25, -0.2) is 0 Å². The molecule has 28 heavy (non-hydrogen) atoms. The number of rotatable bonds is 3. The number of allylic oxidation sites excluding steroid dienone is 6. The summed E-state index contributed by atoms with van der Waals surface area (Å²) in [6, 6.07) is 0. The highest BCUT2D eigenvalue weighted by Crippen LogP contribution is 2.66.